The van der Waals surface area contributed by atoms with E-state index < -0.39 is 11.5 Å². The molecule has 0 radical (unpaired) electrons. The van der Waals surface area contributed by atoms with Gasteiger partial charge in [-0.15, -0.1) is 0 Å². The second-order valence-electron chi connectivity index (χ2n) is 9.50. The molecule has 0 spiro atoms. The third kappa shape index (κ3) is 5.84. The van der Waals surface area contributed by atoms with Gasteiger partial charge in [0.25, 0.3) is 0 Å². The van der Waals surface area contributed by atoms with Crippen LogP contribution in [0.5, 0.6) is 0 Å². The van der Waals surface area contributed by atoms with Gasteiger partial charge in [0.15, 0.2) is 0 Å². The topological polar surface area (TPSA) is 80.8 Å². The van der Waals surface area contributed by atoms with Crippen LogP contribution in [0.1, 0.15) is 77.2 Å². The molecule has 1 aliphatic heterocycles. The van der Waals surface area contributed by atoms with Gasteiger partial charge in [-0.05, 0) is 51.5 Å². The first kappa shape index (κ1) is 24.1. The van der Waals surface area contributed by atoms with Gasteiger partial charge in [-0.3, -0.25) is 14.4 Å². The number of hydrogen-bond acceptors (Lipinski definition) is 5. The van der Waals surface area contributed by atoms with Crippen LogP contribution in [0.3, 0.4) is 0 Å². The van der Waals surface area contributed by atoms with Gasteiger partial charge in [-0.2, -0.15) is 0 Å². The van der Waals surface area contributed by atoms with E-state index in [1.165, 1.54) is 17.7 Å². The summed E-state index contributed by atoms with van der Waals surface area (Å²) in [4.78, 5) is 48.8. The van der Waals surface area contributed by atoms with E-state index in [0.29, 0.717) is 18.1 Å². The zero-order valence-corrected chi connectivity index (χ0v) is 19.3. The number of Topliss-reactive ketones (excluding diaryl/α,β-unsaturated/α-hetero) is 2. The fourth-order valence-electron chi connectivity index (χ4n) is 5.21. The van der Waals surface area contributed by atoms with Gasteiger partial charge in [0, 0.05) is 17.8 Å². The van der Waals surface area contributed by atoms with E-state index >= 15 is 0 Å². The Morgan fingerprint density at radius 1 is 1.00 bits per heavy atom. The molecular weight excluding hydrogens is 406 g/mol. The Morgan fingerprint density at radius 3 is 2.16 bits per heavy atom. The molecule has 6 nitrogen and oxygen atoms in total. The predicted octanol–water partition coefficient (Wildman–Crippen LogP) is 4.88. The van der Waals surface area contributed by atoms with Gasteiger partial charge in [0.05, 0.1) is 6.04 Å². The molecule has 2 saturated carbocycles. The highest BCUT2D eigenvalue weighted by atomic mass is 16.6. The van der Waals surface area contributed by atoms with Crippen LogP contribution >= 0.6 is 0 Å². The Bertz CT molecular complexity index is 822. The summed E-state index contributed by atoms with van der Waals surface area (Å²) in [5.74, 6) is 0.591. The van der Waals surface area contributed by atoms with Gasteiger partial charge in [0.2, 0.25) is 5.91 Å². The Kier molecular flexibility index (Phi) is 8.21. The number of ketones is 2. The molecule has 0 unspecified atom stereocenters. The maximum absolute atomic E-state index is 12.8. The molecule has 0 N–H and O–H groups in total. The molecule has 0 bridgehead atoms. The van der Waals surface area contributed by atoms with Crippen molar-refractivity contribution in [3.63, 3.8) is 0 Å². The molecule has 2 aliphatic carbocycles. The Labute approximate surface area is 190 Å². The predicted molar refractivity (Wildman–Crippen MR) is 121 cm³/mol. The lowest BCUT2D eigenvalue weighted by Gasteiger charge is -2.28. The molecule has 3 fully saturated rings. The molecule has 1 heterocycles. The van der Waals surface area contributed by atoms with E-state index in [2.05, 4.69) is 0 Å². The van der Waals surface area contributed by atoms with E-state index in [0.717, 1.165) is 44.1 Å². The summed E-state index contributed by atoms with van der Waals surface area (Å²) in [5, 5.41) is 0. The van der Waals surface area contributed by atoms with Gasteiger partial charge >= 0.3 is 6.09 Å². The number of nitrogens with zero attached hydrogens (tertiary/aromatic N) is 1. The highest BCUT2D eigenvalue weighted by molar-refractivity contribution is 5.97. The summed E-state index contributed by atoms with van der Waals surface area (Å²) in [6.45, 7) is 3.48. The smallest absolute Gasteiger partial charge is 0.416 e. The second kappa shape index (κ2) is 10.9. The fraction of sp³-hybridized carbons (Fsp3) is 0.615. The Balaban J connectivity index is 0.000000305. The van der Waals surface area contributed by atoms with E-state index in [1.54, 1.807) is 13.8 Å². The molecule has 174 valence electrons. The van der Waals surface area contributed by atoms with Crippen LogP contribution in [0.2, 0.25) is 0 Å². The number of carbonyl (C=O) groups is 4. The van der Waals surface area contributed by atoms with Gasteiger partial charge < -0.3 is 4.74 Å². The van der Waals surface area contributed by atoms with Crippen LogP contribution < -0.4 is 0 Å². The van der Waals surface area contributed by atoms with E-state index in [1.807, 2.05) is 30.3 Å². The molecule has 1 atom stereocenters. The molecule has 1 aromatic carbocycles. The van der Waals surface area contributed by atoms with Crippen molar-refractivity contribution in [3.05, 3.63) is 35.9 Å². The number of carbonyl (C=O) groups excluding carboxylic acids is 4. The van der Waals surface area contributed by atoms with E-state index in [9.17, 15) is 19.2 Å². The SMILES string of the molecule is CC(=O)C1(CC(=O)N2C(=O)OC[C@H]2Cc2ccccc2)CCCC1.CC(=O)C1CCCC1. The molecule has 6 heteroatoms. The van der Waals surface area contributed by atoms with E-state index in [4.69, 9.17) is 4.74 Å². The highest BCUT2D eigenvalue weighted by Crippen LogP contribution is 2.42. The number of amides is 2. The van der Waals surface area contributed by atoms with Crippen molar-refractivity contribution in [2.45, 2.75) is 84.1 Å². The van der Waals surface area contributed by atoms with Gasteiger partial charge in [0.1, 0.15) is 18.2 Å². The normalized spacial score (nSPS) is 22.2. The third-order valence-corrected chi connectivity index (χ3v) is 7.27. The molecule has 1 saturated heterocycles. The lowest BCUT2D eigenvalue weighted by molar-refractivity contribution is -0.137. The number of hydrogen-bond donors (Lipinski definition) is 0. The summed E-state index contributed by atoms with van der Waals surface area (Å²) in [5.41, 5.74) is 0.470. The van der Waals surface area contributed by atoms with Crippen molar-refractivity contribution >= 4 is 23.6 Å². The number of rotatable bonds is 6. The molecule has 3 aliphatic rings. The average Bonchev–Trinajstić information content (AvgIpc) is 3.51. The standard InChI is InChI=1S/C19H23NO4.C7H12O/c1-14(21)19(9-5-6-10-19)12-17(22)20-16(13-24-18(20)23)11-15-7-3-2-4-8-15;1-6(8)7-4-2-3-5-7/h2-4,7-8,16H,5-6,9-13H2,1H3;7H,2-5H2,1H3/t16-;/m1./s1. The lowest BCUT2D eigenvalue weighted by Crippen LogP contribution is -2.43. The van der Waals surface area contributed by atoms with Crippen LogP contribution in [0.25, 0.3) is 0 Å². The summed E-state index contributed by atoms with van der Waals surface area (Å²) in [6.07, 6.45) is 8.33. The van der Waals surface area contributed by atoms with Crippen molar-refractivity contribution in [2.75, 3.05) is 6.61 Å². The highest BCUT2D eigenvalue weighted by Gasteiger charge is 2.45. The van der Waals surface area contributed by atoms with Gasteiger partial charge in [-0.1, -0.05) is 56.0 Å². The second-order valence-corrected chi connectivity index (χ2v) is 9.50. The van der Waals surface area contributed by atoms with Gasteiger partial charge in [-0.25, -0.2) is 9.69 Å². The molecular formula is C26H35NO5. The monoisotopic (exact) mass is 441 g/mol. The molecule has 0 aromatic heterocycles. The summed E-state index contributed by atoms with van der Waals surface area (Å²) < 4.78 is 5.11. The number of imide groups is 1. The maximum atomic E-state index is 12.8. The zero-order chi connectivity index (χ0) is 23.1. The van der Waals surface area contributed by atoms with E-state index in [-0.39, 0.29) is 30.8 Å². The molecule has 4 rings (SSSR count). The maximum Gasteiger partial charge on any atom is 0.416 e. The van der Waals surface area contributed by atoms with Crippen LogP contribution in [0.15, 0.2) is 30.3 Å². The minimum Gasteiger partial charge on any atom is -0.447 e. The van der Waals surface area contributed by atoms with Crippen LogP contribution in [-0.4, -0.2) is 41.1 Å². The first-order valence-corrected chi connectivity index (χ1v) is 11.9. The van der Waals surface area contributed by atoms with Crippen molar-refractivity contribution < 1.29 is 23.9 Å². The Hall–Kier alpha value is -2.50. The van der Waals surface area contributed by atoms with Crippen molar-refractivity contribution in [3.8, 4) is 0 Å². The molecule has 1 aromatic rings. The lowest BCUT2D eigenvalue weighted by atomic mass is 9.78. The van der Waals surface area contributed by atoms with Crippen molar-refractivity contribution in [1.29, 1.82) is 0 Å². The first-order chi connectivity index (χ1) is 15.3. The van der Waals surface area contributed by atoms with Crippen molar-refractivity contribution in [1.82, 2.24) is 4.90 Å². The average molecular weight is 442 g/mol. The summed E-state index contributed by atoms with van der Waals surface area (Å²) >= 11 is 0. The largest absolute Gasteiger partial charge is 0.447 e. The van der Waals surface area contributed by atoms with Crippen molar-refractivity contribution in [2.24, 2.45) is 11.3 Å². The zero-order valence-electron chi connectivity index (χ0n) is 19.3. The summed E-state index contributed by atoms with van der Waals surface area (Å²) in [6, 6.07) is 9.45. The third-order valence-electron chi connectivity index (χ3n) is 7.27. The minimum absolute atomic E-state index is 0.0560. The van der Waals surface area contributed by atoms with Crippen LogP contribution in [0.4, 0.5) is 4.79 Å². The molecule has 32 heavy (non-hydrogen) atoms. The minimum atomic E-state index is -0.586. The first-order valence-electron chi connectivity index (χ1n) is 11.9. The van der Waals surface area contributed by atoms with Crippen LogP contribution in [-0.2, 0) is 25.5 Å². The summed E-state index contributed by atoms with van der Waals surface area (Å²) in [7, 11) is 0. The number of cyclic esters (lactones) is 1. The number of benzene rings is 1. The molecule has 2 amide bonds. The fourth-order valence-corrected chi connectivity index (χ4v) is 5.21. The quantitative estimate of drug-likeness (QED) is 0.628. The Morgan fingerprint density at radius 2 is 1.62 bits per heavy atom. The van der Waals surface area contributed by atoms with Crippen LogP contribution in [0, 0.1) is 11.3 Å². The number of ether oxygens (including phenoxy) is 1.